The highest BCUT2D eigenvalue weighted by molar-refractivity contribution is 5.86. The Hall–Kier alpha value is -1.10. The number of hydrogen-bond donors (Lipinski definition) is 0. The molecule has 0 radical (unpaired) electrons. The Labute approximate surface area is 158 Å². The van der Waals surface area contributed by atoms with Crippen molar-refractivity contribution in [2.45, 2.75) is 76.7 Å². The molecule has 4 fully saturated rings. The van der Waals surface area contributed by atoms with Gasteiger partial charge in [0.05, 0.1) is 12.0 Å². The zero-order chi connectivity index (χ0) is 18.0. The molecule has 3 saturated heterocycles. The van der Waals surface area contributed by atoms with E-state index in [1.807, 2.05) is 4.90 Å². The molecule has 0 N–H and O–H groups in total. The van der Waals surface area contributed by atoms with E-state index in [9.17, 15) is 9.59 Å². The zero-order valence-corrected chi connectivity index (χ0v) is 16.3. The van der Waals surface area contributed by atoms with Crippen LogP contribution in [-0.2, 0) is 9.59 Å². The second kappa shape index (κ2) is 7.87. The van der Waals surface area contributed by atoms with Gasteiger partial charge in [0.2, 0.25) is 11.8 Å². The van der Waals surface area contributed by atoms with Crippen LogP contribution >= 0.6 is 0 Å². The number of rotatable bonds is 3. The lowest BCUT2D eigenvalue weighted by Crippen LogP contribution is -2.53. The van der Waals surface area contributed by atoms with Gasteiger partial charge in [-0.25, -0.2) is 0 Å². The van der Waals surface area contributed by atoms with Crippen LogP contribution in [0.3, 0.4) is 0 Å². The van der Waals surface area contributed by atoms with Gasteiger partial charge in [0, 0.05) is 25.7 Å². The molecule has 4 rings (SSSR count). The predicted molar refractivity (Wildman–Crippen MR) is 102 cm³/mol. The van der Waals surface area contributed by atoms with Gasteiger partial charge in [0.15, 0.2) is 0 Å². The minimum atomic E-state index is -0.269. The topological polar surface area (TPSA) is 43.9 Å². The fraction of sp³-hybridized carbons (Fsp3) is 0.905. The van der Waals surface area contributed by atoms with E-state index in [0.717, 1.165) is 45.4 Å². The van der Waals surface area contributed by atoms with E-state index in [-0.39, 0.29) is 11.3 Å². The summed E-state index contributed by atoms with van der Waals surface area (Å²) in [6.45, 7) is 5.04. The number of amides is 2. The van der Waals surface area contributed by atoms with Gasteiger partial charge < -0.3 is 9.80 Å². The normalized spacial score (nSPS) is 31.8. The third kappa shape index (κ3) is 3.64. The molecule has 1 saturated carbocycles. The first kappa shape index (κ1) is 18.3. The minimum absolute atomic E-state index is 0.245. The van der Waals surface area contributed by atoms with Gasteiger partial charge in [0.25, 0.3) is 0 Å². The van der Waals surface area contributed by atoms with Gasteiger partial charge in [0.1, 0.15) is 0 Å². The first-order chi connectivity index (χ1) is 12.7. The number of nitrogens with zero attached hydrogens (tertiary/aromatic N) is 3. The van der Waals surface area contributed by atoms with E-state index >= 15 is 0 Å². The quantitative estimate of drug-likeness (QED) is 0.776. The van der Waals surface area contributed by atoms with E-state index in [2.05, 4.69) is 9.80 Å². The van der Waals surface area contributed by atoms with Gasteiger partial charge in [-0.1, -0.05) is 25.7 Å². The van der Waals surface area contributed by atoms with Crippen molar-refractivity contribution in [3.05, 3.63) is 0 Å². The number of carbonyl (C=O) groups excluding carboxylic acids is 2. The first-order valence-corrected chi connectivity index (χ1v) is 11.0. The molecule has 1 atom stereocenters. The molecule has 0 unspecified atom stereocenters. The van der Waals surface area contributed by atoms with Gasteiger partial charge in [-0.05, 0) is 58.0 Å². The van der Waals surface area contributed by atoms with Crippen LogP contribution in [0.2, 0.25) is 0 Å². The molecule has 2 amide bonds. The summed E-state index contributed by atoms with van der Waals surface area (Å²) in [5.74, 6) is 0.607. The molecule has 5 heteroatoms. The summed E-state index contributed by atoms with van der Waals surface area (Å²) < 4.78 is 0. The van der Waals surface area contributed by atoms with Crippen LogP contribution in [0.15, 0.2) is 0 Å². The Morgan fingerprint density at radius 2 is 1.62 bits per heavy atom. The van der Waals surface area contributed by atoms with E-state index in [0.29, 0.717) is 25.0 Å². The molecule has 0 aromatic rings. The van der Waals surface area contributed by atoms with Crippen molar-refractivity contribution >= 4 is 11.8 Å². The third-order valence-corrected chi connectivity index (χ3v) is 7.30. The lowest BCUT2D eigenvalue weighted by atomic mass is 9.77. The maximum atomic E-state index is 13.3. The van der Waals surface area contributed by atoms with Crippen molar-refractivity contribution in [2.75, 3.05) is 39.3 Å². The van der Waals surface area contributed by atoms with E-state index in [4.69, 9.17) is 0 Å². The second-order valence-corrected chi connectivity index (χ2v) is 9.08. The second-order valence-electron chi connectivity index (χ2n) is 9.08. The molecule has 3 heterocycles. The minimum Gasteiger partial charge on any atom is -0.340 e. The number of piperidine rings is 1. The highest BCUT2D eigenvalue weighted by atomic mass is 16.2. The monoisotopic (exact) mass is 361 g/mol. The van der Waals surface area contributed by atoms with Crippen molar-refractivity contribution < 1.29 is 9.59 Å². The van der Waals surface area contributed by atoms with Crippen LogP contribution < -0.4 is 0 Å². The van der Waals surface area contributed by atoms with Crippen LogP contribution in [0.5, 0.6) is 0 Å². The molecule has 26 heavy (non-hydrogen) atoms. The summed E-state index contributed by atoms with van der Waals surface area (Å²) in [5.41, 5.74) is -0.269. The third-order valence-electron chi connectivity index (χ3n) is 7.30. The van der Waals surface area contributed by atoms with Crippen molar-refractivity contribution in [3.8, 4) is 0 Å². The standard InChI is InChI=1S/C21H35N3O2/c25-19(16-22-12-5-1-2-6-13-22)23-15-11-21(17-23)10-7-14-24(20(21)26)18-8-3-4-9-18/h18H,1-17H2/t21-/m1/s1. The average molecular weight is 362 g/mol. The number of hydrogen-bond acceptors (Lipinski definition) is 3. The lowest BCUT2D eigenvalue weighted by molar-refractivity contribution is -0.148. The Kier molecular flexibility index (Phi) is 5.53. The maximum Gasteiger partial charge on any atom is 0.236 e. The maximum absolute atomic E-state index is 13.3. The SMILES string of the molecule is O=C(CN1CCCCCC1)N1CC[C@]2(CCCN(C3CCCC3)C2=O)C1. The molecule has 0 aromatic carbocycles. The highest BCUT2D eigenvalue weighted by Crippen LogP contribution is 2.42. The summed E-state index contributed by atoms with van der Waals surface area (Å²) in [7, 11) is 0. The number of carbonyl (C=O) groups is 2. The van der Waals surface area contributed by atoms with Crippen LogP contribution in [-0.4, -0.2) is 71.8 Å². The molecule has 146 valence electrons. The molecular formula is C21H35N3O2. The molecular weight excluding hydrogens is 326 g/mol. The van der Waals surface area contributed by atoms with Crippen molar-refractivity contribution in [1.29, 1.82) is 0 Å². The van der Waals surface area contributed by atoms with E-state index < -0.39 is 0 Å². The fourth-order valence-corrected chi connectivity index (χ4v) is 5.71. The van der Waals surface area contributed by atoms with Crippen LogP contribution in [0, 0.1) is 5.41 Å². The summed E-state index contributed by atoms with van der Waals surface area (Å²) in [6, 6.07) is 0.474. The molecule has 3 aliphatic heterocycles. The largest absolute Gasteiger partial charge is 0.340 e. The highest BCUT2D eigenvalue weighted by Gasteiger charge is 2.50. The summed E-state index contributed by atoms with van der Waals surface area (Å²) >= 11 is 0. The van der Waals surface area contributed by atoms with Gasteiger partial charge in [-0.3, -0.25) is 14.5 Å². The van der Waals surface area contributed by atoms with Crippen LogP contribution in [0.25, 0.3) is 0 Å². The zero-order valence-electron chi connectivity index (χ0n) is 16.3. The molecule has 0 aromatic heterocycles. The Balaban J connectivity index is 1.36. The lowest BCUT2D eigenvalue weighted by Gasteiger charge is -2.42. The Morgan fingerprint density at radius 3 is 2.35 bits per heavy atom. The first-order valence-electron chi connectivity index (χ1n) is 11.0. The molecule has 1 aliphatic carbocycles. The van der Waals surface area contributed by atoms with Crippen LogP contribution in [0.4, 0.5) is 0 Å². The summed E-state index contributed by atoms with van der Waals surface area (Å²) in [6.07, 6.45) is 12.9. The molecule has 1 spiro atoms. The van der Waals surface area contributed by atoms with Crippen molar-refractivity contribution in [2.24, 2.45) is 5.41 Å². The summed E-state index contributed by atoms with van der Waals surface area (Å²) in [4.78, 5) is 32.7. The Bertz CT molecular complexity index is 523. The average Bonchev–Trinajstić information content (AvgIpc) is 3.25. The predicted octanol–water partition coefficient (Wildman–Crippen LogP) is 2.65. The molecule has 0 bridgehead atoms. The van der Waals surface area contributed by atoms with Gasteiger partial charge >= 0.3 is 0 Å². The Morgan fingerprint density at radius 1 is 0.885 bits per heavy atom. The fourth-order valence-electron chi connectivity index (χ4n) is 5.71. The summed E-state index contributed by atoms with van der Waals surface area (Å²) in [5, 5.41) is 0. The van der Waals surface area contributed by atoms with Crippen LogP contribution in [0.1, 0.15) is 70.6 Å². The smallest absolute Gasteiger partial charge is 0.236 e. The van der Waals surface area contributed by atoms with E-state index in [1.54, 1.807) is 0 Å². The van der Waals surface area contributed by atoms with Crippen molar-refractivity contribution in [3.63, 3.8) is 0 Å². The molecule has 4 aliphatic rings. The van der Waals surface area contributed by atoms with E-state index in [1.165, 1.54) is 51.4 Å². The number of likely N-dealkylation sites (tertiary alicyclic amines) is 3. The van der Waals surface area contributed by atoms with Gasteiger partial charge in [-0.2, -0.15) is 0 Å². The van der Waals surface area contributed by atoms with Gasteiger partial charge in [-0.15, -0.1) is 0 Å². The van der Waals surface area contributed by atoms with Crippen molar-refractivity contribution in [1.82, 2.24) is 14.7 Å². The molecule has 5 nitrogen and oxygen atoms in total.